The summed E-state index contributed by atoms with van der Waals surface area (Å²) in [5.41, 5.74) is 0.842. The van der Waals surface area contributed by atoms with Gasteiger partial charge in [0.1, 0.15) is 11.3 Å². The van der Waals surface area contributed by atoms with E-state index in [1.54, 1.807) is 12.2 Å². The second kappa shape index (κ2) is 10.5. The number of furan rings is 1. The molecule has 1 N–H and O–H groups in total. The van der Waals surface area contributed by atoms with Crippen molar-refractivity contribution in [2.75, 3.05) is 33.3 Å². The summed E-state index contributed by atoms with van der Waals surface area (Å²) in [4.78, 5) is 14.5. The molecule has 1 aromatic heterocycles. The molecule has 0 atom stereocenters. The highest BCUT2D eigenvalue weighted by molar-refractivity contribution is 5.91. The van der Waals surface area contributed by atoms with Crippen molar-refractivity contribution < 1.29 is 13.9 Å². The largest absolute Gasteiger partial charge is 0.491 e. The van der Waals surface area contributed by atoms with E-state index < -0.39 is 0 Å². The fourth-order valence-corrected chi connectivity index (χ4v) is 2.68. The number of fused-ring (bicyclic) bond motifs is 1. The Bertz CT molecular complexity index is 724. The Morgan fingerprint density at radius 2 is 2.04 bits per heavy atom. The molecule has 26 heavy (non-hydrogen) atoms. The van der Waals surface area contributed by atoms with Gasteiger partial charge in [-0.25, -0.2) is 0 Å². The molecule has 2 rings (SSSR count). The van der Waals surface area contributed by atoms with Crippen LogP contribution in [0.2, 0.25) is 0 Å². The van der Waals surface area contributed by atoms with Crippen LogP contribution < -0.4 is 5.32 Å². The molecular weight excluding hydrogens is 328 g/mol. The summed E-state index contributed by atoms with van der Waals surface area (Å²) >= 11 is 0. The molecule has 0 aliphatic rings. The summed E-state index contributed by atoms with van der Waals surface area (Å²) in [5, 5.41) is 3.94. The molecule has 0 aliphatic carbocycles. The molecule has 0 aliphatic heterocycles. The first-order valence-electron chi connectivity index (χ1n) is 9.09. The van der Waals surface area contributed by atoms with Crippen LogP contribution in [-0.4, -0.2) is 44.1 Å². The lowest BCUT2D eigenvalue weighted by Gasteiger charge is -2.17. The van der Waals surface area contributed by atoms with Crippen molar-refractivity contribution in [3.63, 3.8) is 0 Å². The number of amides is 1. The molecule has 1 aromatic carbocycles. The molecule has 0 fully saturated rings. The molecule has 0 bridgehead atoms. The highest BCUT2D eigenvalue weighted by atomic mass is 16.5. The summed E-state index contributed by atoms with van der Waals surface area (Å²) in [7, 11) is 1.50. The normalized spacial score (nSPS) is 12.2. The number of allylic oxidation sites excluding steroid dienone is 2. The Morgan fingerprint density at radius 3 is 2.73 bits per heavy atom. The molecule has 0 radical (unpaired) electrons. The lowest BCUT2D eigenvalue weighted by atomic mass is 10.2. The van der Waals surface area contributed by atoms with Crippen LogP contribution in [0.15, 0.2) is 52.7 Å². The minimum absolute atomic E-state index is 0.207. The van der Waals surface area contributed by atoms with Gasteiger partial charge >= 0.3 is 0 Å². The first-order chi connectivity index (χ1) is 12.7. The van der Waals surface area contributed by atoms with E-state index in [9.17, 15) is 4.79 Å². The van der Waals surface area contributed by atoms with Crippen molar-refractivity contribution in [2.24, 2.45) is 0 Å². The quantitative estimate of drug-likeness (QED) is 0.304. The van der Waals surface area contributed by atoms with Gasteiger partial charge in [0.15, 0.2) is 5.76 Å². The number of carbonyl (C=O) groups excluding carboxylic acids is 1. The molecule has 5 nitrogen and oxygen atoms in total. The third-order valence-corrected chi connectivity index (χ3v) is 4.23. The van der Waals surface area contributed by atoms with Crippen LogP contribution in [0.4, 0.5) is 0 Å². The lowest BCUT2D eigenvalue weighted by molar-refractivity contribution is -0.120. The zero-order valence-corrected chi connectivity index (χ0v) is 15.8. The van der Waals surface area contributed by atoms with Gasteiger partial charge in [-0.2, -0.15) is 0 Å². The van der Waals surface area contributed by atoms with Gasteiger partial charge in [-0.1, -0.05) is 38.1 Å². The zero-order valence-electron chi connectivity index (χ0n) is 15.8. The Hall–Kier alpha value is -2.53. The molecule has 140 valence electrons. The molecule has 0 unspecified atom stereocenters. The molecule has 1 amide bonds. The summed E-state index contributed by atoms with van der Waals surface area (Å²) in [6.07, 6.45) is 6.13. The molecule has 0 saturated carbocycles. The summed E-state index contributed by atoms with van der Waals surface area (Å²) in [5.74, 6) is 0.805. The summed E-state index contributed by atoms with van der Waals surface area (Å²) in [6.45, 7) is 7.94. The van der Waals surface area contributed by atoms with E-state index in [-0.39, 0.29) is 11.7 Å². The van der Waals surface area contributed by atoms with E-state index in [1.165, 1.54) is 7.11 Å². The van der Waals surface area contributed by atoms with E-state index in [0.29, 0.717) is 6.54 Å². The number of para-hydroxylation sites is 1. The van der Waals surface area contributed by atoms with Gasteiger partial charge in [0, 0.05) is 11.9 Å². The zero-order chi connectivity index (χ0) is 18.8. The third-order valence-electron chi connectivity index (χ3n) is 4.23. The van der Waals surface area contributed by atoms with Crippen molar-refractivity contribution in [3.8, 4) is 0 Å². The van der Waals surface area contributed by atoms with Gasteiger partial charge < -0.3 is 19.4 Å². The number of ether oxygens (including phenoxy) is 1. The molecule has 0 spiro atoms. The molecular formula is C21H28N2O3. The van der Waals surface area contributed by atoms with Crippen molar-refractivity contribution >= 4 is 23.0 Å². The number of rotatable bonds is 10. The van der Waals surface area contributed by atoms with Crippen LogP contribution in [0, 0.1) is 0 Å². The highest BCUT2D eigenvalue weighted by Crippen LogP contribution is 2.19. The van der Waals surface area contributed by atoms with Crippen molar-refractivity contribution in [2.45, 2.75) is 20.3 Å². The number of benzene rings is 1. The van der Waals surface area contributed by atoms with Crippen molar-refractivity contribution in [3.05, 3.63) is 54.0 Å². The molecule has 5 heteroatoms. The van der Waals surface area contributed by atoms with E-state index >= 15 is 0 Å². The maximum Gasteiger partial charge on any atom is 0.286 e. The SMILES string of the molecule is CCN(CC)CCCNC(=O)/C(=C/C=C/c1cc2ccccc2o1)OC. The summed E-state index contributed by atoms with van der Waals surface area (Å²) in [6, 6.07) is 9.79. The summed E-state index contributed by atoms with van der Waals surface area (Å²) < 4.78 is 10.9. The Balaban J connectivity index is 1.86. The van der Waals surface area contributed by atoms with Gasteiger partial charge in [0.05, 0.1) is 7.11 Å². The third kappa shape index (κ3) is 5.77. The van der Waals surface area contributed by atoms with Gasteiger partial charge in [-0.15, -0.1) is 0 Å². The van der Waals surface area contributed by atoms with Gasteiger partial charge in [-0.3, -0.25) is 4.79 Å². The number of carbonyl (C=O) groups is 1. The van der Waals surface area contributed by atoms with Crippen LogP contribution >= 0.6 is 0 Å². The number of hydrogen-bond donors (Lipinski definition) is 1. The van der Waals surface area contributed by atoms with Gasteiger partial charge in [0.25, 0.3) is 5.91 Å². The number of nitrogens with zero attached hydrogens (tertiary/aromatic N) is 1. The molecule has 2 aromatic rings. The smallest absolute Gasteiger partial charge is 0.286 e. The van der Waals surface area contributed by atoms with E-state index in [2.05, 4.69) is 24.1 Å². The second-order valence-electron chi connectivity index (χ2n) is 5.92. The average molecular weight is 356 g/mol. The first-order valence-corrected chi connectivity index (χ1v) is 9.09. The highest BCUT2D eigenvalue weighted by Gasteiger charge is 2.08. The van der Waals surface area contributed by atoms with E-state index in [0.717, 1.165) is 42.8 Å². The number of methoxy groups -OCH3 is 1. The van der Waals surface area contributed by atoms with Crippen LogP contribution in [0.1, 0.15) is 26.0 Å². The van der Waals surface area contributed by atoms with E-state index in [1.807, 2.05) is 36.4 Å². The van der Waals surface area contributed by atoms with Crippen LogP contribution in [0.25, 0.3) is 17.0 Å². The van der Waals surface area contributed by atoms with Gasteiger partial charge in [-0.05, 0) is 50.3 Å². The molecule has 1 heterocycles. The first kappa shape index (κ1) is 19.8. The maximum atomic E-state index is 12.2. The van der Waals surface area contributed by atoms with E-state index in [4.69, 9.17) is 9.15 Å². The molecule has 0 saturated heterocycles. The maximum absolute atomic E-state index is 12.2. The fourth-order valence-electron chi connectivity index (χ4n) is 2.68. The monoisotopic (exact) mass is 356 g/mol. The van der Waals surface area contributed by atoms with Crippen molar-refractivity contribution in [1.82, 2.24) is 10.2 Å². The number of nitrogens with one attached hydrogen (secondary N) is 1. The van der Waals surface area contributed by atoms with Crippen LogP contribution in [-0.2, 0) is 9.53 Å². The second-order valence-corrected chi connectivity index (χ2v) is 5.92. The fraction of sp³-hybridized carbons (Fsp3) is 0.381. The standard InChI is InChI=1S/C21H28N2O3/c1-4-23(5-2)15-9-14-22-21(24)20(25-3)13-8-11-18-16-17-10-6-7-12-19(17)26-18/h6-8,10-13,16H,4-5,9,14-15H2,1-3H3,(H,22,24)/b11-8+,20-13-. The number of hydrogen-bond acceptors (Lipinski definition) is 4. The minimum Gasteiger partial charge on any atom is -0.491 e. The lowest BCUT2D eigenvalue weighted by Crippen LogP contribution is -2.30. The predicted molar refractivity (Wildman–Crippen MR) is 106 cm³/mol. The Labute approximate surface area is 155 Å². The Kier molecular flexibility index (Phi) is 7.96. The predicted octanol–water partition coefficient (Wildman–Crippen LogP) is 3.82. The minimum atomic E-state index is -0.207. The van der Waals surface area contributed by atoms with Gasteiger partial charge in [0.2, 0.25) is 0 Å². The average Bonchev–Trinajstić information content (AvgIpc) is 3.08. The van der Waals surface area contributed by atoms with Crippen molar-refractivity contribution in [1.29, 1.82) is 0 Å². The van der Waals surface area contributed by atoms with Crippen LogP contribution in [0.5, 0.6) is 0 Å². The van der Waals surface area contributed by atoms with Crippen LogP contribution in [0.3, 0.4) is 0 Å². The Morgan fingerprint density at radius 1 is 1.27 bits per heavy atom. The topological polar surface area (TPSA) is 54.7 Å².